The first-order valence-corrected chi connectivity index (χ1v) is 7.61. The van der Waals surface area contributed by atoms with Crippen molar-refractivity contribution in [3.05, 3.63) is 0 Å². The van der Waals surface area contributed by atoms with Gasteiger partial charge in [-0.3, -0.25) is 0 Å². The van der Waals surface area contributed by atoms with Gasteiger partial charge in [-0.2, -0.15) is 0 Å². The monoisotopic (exact) mass is 301 g/mol. The first kappa shape index (κ1) is 19.7. The maximum atomic E-state index is 12.4. The smallest absolute Gasteiger partial charge is 0.326 e. The van der Waals surface area contributed by atoms with Crippen LogP contribution < -0.4 is 5.32 Å². The molecule has 0 aromatic heterocycles. The second-order valence-electron chi connectivity index (χ2n) is 6.29. The van der Waals surface area contributed by atoms with Crippen LogP contribution >= 0.6 is 0 Å². The fourth-order valence-corrected chi connectivity index (χ4v) is 1.94. The van der Waals surface area contributed by atoms with Crippen molar-refractivity contribution in [2.75, 3.05) is 33.7 Å². The van der Waals surface area contributed by atoms with Gasteiger partial charge < -0.3 is 20.2 Å². The number of hydrogen-bond acceptors (Lipinski definition) is 3. The predicted molar refractivity (Wildman–Crippen MR) is 84.4 cm³/mol. The van der Waals surface area contributed by atoms with Gasteiger partial charge in [0.2, 0.25) is 0 Å². The molecular formula is C15H31N3O3. The molecule has 0 fully saturated rings. The minimum atomic E-state index is -0.977. The van der Waals surface area contributed by atoms with Gasteiger partial charge in [-0.25, -0.2) is 9.59 Å². The number of carboxylic acids is 1. The van der Waals surface area contributed by atoms with E-state index < -0.39 is 12.0 Å². The maximum absolute atomic E-state index is 12.4. The van der Waals surface area contributed by atoms with Gasteiger partial charge in [-0.1, -0.05) is 34.1 Å². The third-order valence-corrected chi connectivity index (χ3v) is 3.45. The van der Waals surface area contributed by atoms with E-state index in [4.69, 9.17) is 0 Å². The molecule has 2 amide bonds. The van der Waals surface area contributed by atoms with Crippen LogP contribution in [0.25, 0.3) is 0 Å². The molecule has 0 spiro atoms. The van der Waals surface area contributed by atoms with Gasteiger partial charge in [-0.05, 0) is 25.9 Å². The predicted octanol–water partition coefficient (Wildman–Crippen LogP) is 1.71. The zero-order valence-corrected chi connectivity index (χ0v) is 14.2. The molecule has 0 radical (unpaired) electrons. The molecule has 2 N–H and O–H groups in total. The highest BCUT2D eigenvalue weighted by Crippen LogP contribution is 2.09. The molecule has 0 heterocycles. The topological polar surface area (TPSA) is 72.9 Å². The average molecular weight is 301 g/mol. The van der Waals surface area contributed by atoms with Crippen molar-refractivity contribution in [3.8, 4) is 0 Å². The zero-order valence-electron chi connectivity index (χ0n) is 14.2. The van der Waals surface area contributed by atoms with Crippen LogP contribution in [0.2, 0.25) is 0 Å². The summed E-state index contributed by atoms with van der Waals surface area (Å²) >= 11 is 0. The standard InChI is InChI=1S/C15H31N3O3/c1-7-12(4)13(14(19)20)16-15(21)18(10-11(2)3)9-8-17(5)6/h11-13H,7-10H2,1-6H3,(H,16,21)(H,19,20)/t12?,13-/m0/s1. The summed E-state index contributed by atoms with van der Waals surface area (Å²) in [5, 5.41) is 11.9. The summed E-state index contributed by atoms with van der Waals surface area (Å²) in [6, 6.07) is -1.13. The van der Waals surface area contributed by atoms with E-state index in [9.17, 15) is 14.7 Å². The van der Waals surface area contributed by atoms with Crippen molar-refractivity contribution in [3.63, 3.8) is 0 Å². The molecule has 0 aliphatic rings. The molecule has 21 heavy (non-hydrogen) atoms. The molecule has 1 unspecified atom stereocenters. The summed E-state index contributed by atoms with van der Waals surface area (Å²) in [5.74, 6) is -0.735. The Morgan fingerprint density at radius 1 is 1.14 bits per heavy atom. The van der Waals surface area contributed by atoms with Gasteiger partial charge in [-0.15, -0.1) is 0 Å². The molecule has 0 aliphatic carbocycles. The van der Waals surface area contributed by atoms with Crippen LogP contribution in [0.4, 0.5) is 4.79 Å². The number of carbonyl (C=O) groups excluding carboxylic acids is 1. The van der Waals surface area contributed by atoms with Crippen molar-refractivity contribution in [1.82, 2.24) is 15.1 Å². The quantitative estimate of drug-likeness (QED) is 0.680. The van der Waals surface area contributed by atoms with Crippen molar-refractivity contribution in [1.29, 1.82) is 0 Å². The summed E-state index contributed by atoms with van der Waals surface area (Å²) in [5.41, 5.74) is 0. The molecule has 124 valence electrons. The van der Waals surface area contributed by atoms with Gasteiger partial charge >= 0.3 is 12.0 Å². The van der Waals surface area contributed by atoms with E-state index in [0.717, 1.165) is 6.54 Å². The number of nitrogens with one attached hydrogen (secondary N) is 1. The van der Waals surface area contributed by atoms with Crippen LogP contribution in [0.1, 0.15) is 34.1 Å². The van der Waals surface area contributed by atoms with E-state index >= 15 is 0 Å². The van der Waals surface area contributed by atoms with Crippen molar-refractivity contribution < 1.29 is 14.7 Å². The van der Waals surface area contributed by atoms with Crippen LogP contribution in [-0.2, 0) is 4.79 Å². The number of hydrogen-bond donors (Lipinski definition) is 2. The van der Waals surface area contributed by atoms with Crippen LogP contribution in [0.15, 0.2) is 0 Å². The van der Waals surface area contributed by atoms with Crippen molar-refractivity contribution in [2.24, 2.45) is 11.8 Å². The van der Waals surface area contributed by atoms with Crippen LogP contribution in [0.5, 0.6) is 0 Å². The van der Waals surface area contributed by atoms with E-state index in [-0.39, 0.29) is 11.9 Å². The third kappa shape index (κ3) is 7.90. The summed E-state index contributed by atoms with van der Waals surface area (Å²) in [7, 11) is 3.90. The van der Waals surface area contributed by atoms with Gasteiger partial charge in [0.25, 0.3) is 0 Å². The van der Waals surface area contributed by atoms with Gasteiger partial charge in [0.05, 0.1) is 0 Å². The van der Waals surface area contributed by atoms with Crippen molar-refractivity contribution in [2.45, 2.75) is 40.2 Å². The van der Waals surface area contributed by atoms with Crippen LogP contribution in [0.3, 0.4) is 0 Å². The molecular weight excluding hydrogens is 270 g/mol. The molecule has 0 aromatic carbocycles. The number of nitrogens with zero attached hydrogens (tertiary/aromatic N) is 2. The van der Waals surface area contributed by atoms with E-state index in [1.54, 1.807) is 4.90 Å². The Balaban J connectivity index is 4.79. The average Bonchev–Trinajstić information content (AvgIpc) is 2.38. The lowest BCUT2D eigenvalue weighted by Crippen LogP contribution is -2.52. The Kier molecular flexibility index (Phi) is 9.01. The van der Waals surface area contributed by atoms with Crippen LogP contribution in [0, 0.1) is 11.8 Å². The Bertz CT molecular complexity index is 332. The largest absolute Gasteiger partial charge is 0.480 e. The molecule has 0 rings (SSSR count). The summed E-state index contributed by atoms with van der Waals surface area (Å²) in [4.78, 5) is 27.4. The molecule has 0 aliphatic heterocycles. The number of amides is 2. The number of likely N-dealkylation sites (N-methyl/N-ethyl adjacent to an activating group) is 1. The molecule has 2 atom stereocenters. The second kappa shape index (κ2) is 9.60. The fourth-order valence-electron chi connectivity index (χ4n) is 1.94. The Morgan fingerprint density at radius 2 is 1.71 bits per heavy atom. The Hall–Kier alpha value is -1.30. The highest BCUT2D eigenvalue weighted by molar-refractivity contribution is 5.82. The van der Waals surface area contributed by atoms with Gasteiger partial charge in [0, 0.05) is 19.6 Å². The lowest BCUT2D eigenvalue weighted by Gasteiger charge is -2.29. The molecule has 0 saturated carbocycles. The summed E-state index contributed by atoms with van der Waals surface area (Å²) < 4.78 is 0. The maximum Gasteiger partial charge on any atom is 0.326 e. The van der Waals surface area contributed by atoms with E-state index in [1.165, 1.54) is 0 Å². The van der Waals surface area contributed by atoms with E-state index in [1.807, 2.05) is 46.7 Å². The fraction of sp³-hybridized carbons (Fsp3) is 0.867. The number of aliphatic carboxylic acids is 1. The highest BCUT2D eigenvalue weighted by Gasteiger charge is 2.27. The zero-order chi connectivity index (χ0) is 16.6. The third-order valence-electron chi connectivity index (χ3n) is 3.45. The lowest BCUT2D eigenvalue weighted by molar-refractivity contribution is -0.140. The number of urea groups is 1. The molecule has 0 aromatic rings. The van der Waals surface area contributed by atoms with E-state index in [0.29, 0.717) is 25.4 Å². The highest BCUT2D eigenvalue weighted by atomic mass is 16.4. The lowest BCUT2D eigenvalue weighted by atomic mass is 9.99. The Labute approximate surface area is 128 Å². The summed E-state index contributed by atoms with van der Waals surface area (Å²) in [6.07, 6.45) is 0.707. The minimum Gasteiger partial charge on any atom is -0.480 e. The first-order valence-electron chi connectivity index (χ1n) is 7.61. The molecule has 6 heteroatoms. The van der Waals surface area contributed by atoms with Gasteiger partial charge in [0.1, 0.15) is 6.04 Å². The molecule has 0 saturated heterocycles. The van der Waals surface area contributed by atoms with Gasteiger partial charge in [0.15, 0.2) is 0 Å². The van der Waals surface area contributed by atoms with E-state index in [2.05, 4.69) is 5.32 Å². The number of carboxylic acid groups (broad SMARTS) is 1. The second-order valence-corrected chi connectivity index (χ2v) is 6.29. The normalized spacial score (nSPS) is 14.1. The van der Waals surface area contributed by atoms with Crippen molar-refractivity contribution >= 4 is 12.0 Å². The number of rotatable bonds is 9. The van der Waals surface area contributed by atoms with Crippen LogP contribution in [-0.4, -0.2) is 66.7 Å². The SMILES string of the molecule is CCC(C)[C@H](NC(=O)N(CCN(C)C)CC(C)C)C(=O)O. The summed E-state index contributed by atoms with van der Waals surface area (Å²) in [6.45, 7) is 9.80. The first-order chi connectivity index (χ1) is 9.68. The molecule has 6 nitrogen and oxygen atoms in total. The Morgan fingerprint density at radius 3 is 2.10 bits per heavy atom. The number of carbonyl (C=O) groups is 2. The molecule has 0 bridgehead atoms. The minimum absolute atomic E-state index is 0.0961.